The molecule has 4 atom stereocenters. The molecular formula is C14H21NO4. The van der Waals surface area contributed by atoms with Crippen LogP contribution in [0.3, 0.4) is 0 Å². The van der Waals surface area contributed by atoms with Crippen LogP contribution in [0.1, 0.15) is 25.7 Å². The number of likely N-dealkylation sites (tertiary alicyclic amines) is 1. The SMILES string of the molecule is C=CCOC(=O)N1CC[C@@]23CC[C@@H](C[C@@H]2[C@H]1OC)O3. The normalized spacial score (nSPS) is 40.1. The molecule has 0 saturated carbocycles. The number of piperidine rings is 1. The zero-order valence-electron chi connectivity index (χ0n) is 11.3. The van der Waals surface area contributed by atoms with Crippen LogP contribution in [-0.2, 0) is 14.2 Å². The summed E-state index contributed by atoms with van der Waals surface area (Å²) in [5.41, 5.74) is -0.0550. The highest BCUT2D eigenvalue weighted by molar-refractivity contribution is 5.68. The summed E-state index contributed by atoms with van der Waals surface area (Å²) in [4.78, 5) is 13.8. The van der Waals surface area contributed by atoms with E-state index >= 15 is 0 Å². The quantitative estimate of drug-likeness (QED) is 0.733. The molecule has 2 bridgehead atoms. The molecule has 1 spiro atoms. The molecule has 0 radical (unpaired) electrons. The standard InChI is InChI=1S/C14H21NO4/c1-3-8-18-13(16)15-7-6-14-5-4-10(19-14)9-11(14)12(15)17-2/h3,10-12H,1,4-9H2,2H3/t10-,11+,12+,14-/m0/s1. The van der Waals surface area contributed by atoms with Gasteiger partial charge in [-0.25, -0.2) is 4.79 Å². The van der Waals surface area contributed by atoms with Gasteiger partial charge in [0.25, 0.3) is 0 Å². The van der Waals surface area contributed by atoms with E-state index in [-0.39, 0.29) is 30.4 Å². The fourth-order valence-electron chi connectivity index (χ4n) is 3.89. The van der Waals surface area contributed by atoms with Gasteiger partial charge in [-0.2, -0.15) is 0 Å². The number of fused-ring (bicyclic) bond motifs is 1. The lowest BCUT2D eigenvalue weighted by molar-refractivity contribution is -0.145. The van der Waals surface area contributed by atoms with Gasteiger partial charge >= 0.3 is 6.09 Å². The van der Waals surface area contributed by atoms with E-state index in [1.807, 2.05) is 0 Å². The van der Waals surface area contributed by atoms with Crippen molar-refractivity contribution < 1.29 is 19.0 Å². The van der Waals surface area contributed by atoms with Gasteiger partial charge in [0.15, 0.2) is 0 Å². The van der Waals surface area contributed by atoms with Gasteiger partial charge in [0.05, 0.1) is 11.7 Å². The lowest BCUT2D eigenvalue weighted by Crippen LogP contribution is -2.58. The summed E-state index contributed by atoms with van der Waals surface area (Å²) in [5.74, 6) is 0.279. The zero-order chi connectivity index (χ0) is 13.5. The summed E-state index contributed by atoms with van der Waals surface area (Å²) in [6.45, 7) is 4.43. The van der Waals surface area contributed by atoms with Gasteiger partial charge in [-0.1, -0.05) is 12.7 Å². The van der Waals surface area contributed by atoms with Crippen molar-refractivity contribution in [3.63, 3.8) is 0 Å². The number of amides is 1. The van der Waals surface area contributed by atoms with E-state index in [0.717, 1.165) is 25.7 Å². The maximum absolute atomic E-state index is 12.1. The predicted molar refractivity (Wildman–Crippen MR) is 68.6 cm³/mol. The van der Waals surface area contributed by atoms with Gasteiger partial charge in [0.2, 0.25) is 0 Å². The third-order valence-corrected chi connectivity index (χ3v) is 4.71. The largest absolute Gasteiger partial charge is 0.445 e. The van der Waals surface area contributed by atoms with Crippen LogP contribution in [0.5, 0.6) is 0 Å². The van der Waals surface area contributed by atoms with Crippen molar-refractivity contribution in [3.8, 4) is 0 Å². The third kappa shape index (κ3) is 1.96. The molecule has 3 rings (SSSR count). The lowest BCUT2D eigenvalue weighted by Gasteiger charge is -2.46. The number of carbonyl (C=O) groups is 1. The number of carbonyl (C=O) groups excluding carboxylic acids is 1. The molecule has 106 valence electrons. The maximum Gasteiger partial charge on any atom is 0.412 e. The predicted octanol–water partition coefficient (Wildman–Crippen LogP) is 1.92. The minimum atomic E-state index is -0.315. The highest BCUT2D eigenvalue weighted by Crippen LogP contribution is 2.54. The van der Waals surface area contributed by atoms with Crippen LogP contribution >= 0.6 is 0 Å². The summed E-state index contributed by atoms with van der Waals surface area (Å²) in [7, 11) is 1.66. The Morgan fingerprint density at radius 2 is 2.42 bits per heavy atom. The average Bonchev–Trinajstić information content (AvgIpc) is 2.99. The molecule has 19 heavy (non-hydrogen) atoms. The minimum Gasteiger partial charge on any atom is -0.445 e. The number of rotatable bonds is 3. The van der Waals surface area contributed by atoms with E-state index in [1.165, 1.54) is 0 Å². The smallest absolute Gasteiger partial charge is 0.412 e. The first-order valence-electron chi connectivity index (χ1n) is 6.95. The Morgan fingerprint density at radius 3 is 3.11 bits per heavy atom. The molecular weight excluding hydrogens is 246 g/mol. The van der Waals surface area contributed by atoms with E-state index in [1.54, 1.807) is 18.1 Å². The number of nitrogens with zero attached hydrogens (tertiary/aromatic N) is 1. The minimum absolute atomic E-state index is 0.0550. The molecule has 0 aliphatic carbocycles. The second-order valence-electron chi connectivity index (χ2n) is 5.62. The second kappa shape index (κ2) is 4.80. The monoisotopic (exact) mass is 267 g/mol. The molecule has 3 aliphatic rings. The van der Waals surface area contributed by atoms with Gasteiger partial charge in [-0.3, -0.25) is 4.90 Å². The van der Waals surface area contributed by atoms with Crippen LogP contribution in [0, 0.1) is 5.92 Å². The van der Waals surface area contributed by atoms with Crippen molar-refractivity contribution in [2.45, 2.75) is 43.6 Å². The molecule has 0 aromatic carbocycles. The average molecular weight is 267 g/mol. The molecule has 3 saturated heterocycles. The van der Waals surface area contributed by atoms with Gasteiger partial charge in [-0.15, -0.1) is 0 Å². The van der Waals surface area contributed by atoms with E-state index in [0.29, 0.717) is 12.6 Å². The summed E-state index contributed by atoms with van der Waals surface area (Å²) < 4.78 is 16.9. The Labute approximate surface area is 113 Å². The van der Waals surface area contributed by atoms with Gasteiger partial charge in [0, 0.05) is 19.6 Å². The highest BCUT2D eigenvalue weighted by Gasteiger charge is 2.60. The summed E-state index contributed by atoms with van der Waals surface area (Å²) in [6.07, 6.45) is 5.51. The maximum atomic E-state index is 12.1. The van der Waals surface area contributed by atoms with Crippen LogP contribution in [-0.4, -0.2) is 49.2 Å². The first kappa shape index (κ1) is 12.9. The van der Waals surface area contributed by atoms with Crippen LogP contribution < -0.4 is 0 Å². The fraction of sp³-hybridized carbons (Fsp3) is 0.786. The van der Waals surface area contributed by atoms with E-state index in [4.69, 9.17) is 14.2 Å². The highest BCUT2D eigenvalue weighted by atomic mass is 16.6. The van der Waals surface area contributed by atoms with Crippen molar-refractivity contribution >= 4 is 6.09 Å². The van der Waals surface area contributed by atoms with Crippen molar-refractivity contribution in [1.82, 2.24) is 4.90 Å². The van der Waals surface area contributed by atoms with Crippen LogP contribution in [0.25, 0.3) is 0 Å². The molecule has 5 nitrogen and oxygen atoms in total. The topological polar surface area (TPSA) is 48.0 Å². The van der Waals surface area contributed by atoms with E-state index < -0.39 is 0 Å². The number of hydrogen-bond donors (Lipinski definition) is 0. The van der Waals surface area contributed by atoms with Crippen molar-refractivity contribution in [1.29, 1.82) is 0 Å². The summed E-state index contributed by atoms with van der Waals surface area (Å²) in [5, 5.41) is 0. The Bertz CT molecular complexity index is 386. The fourth-order valence-corrected chi connectivity index (χ4v) is 3.89. The Balaban J connectivity index is 1.74. The number of hydrogen-bond acceptors (Lipinski definition) is 4. The first-order chi connectivity index (χ1) is 9.20. The van der Waals surface area contributed by atoms with Crippen molar-refractivity contribution in [2.24, 2.45) is 5.92 Å². The third-order valence-electron chi connectivity index (χ3n) is 4.71. The second-order valence-corrected chi connectivity index (χ2v) is 5.62. The molecule has 0 N–H and O–H groups in total. The summed E-state index contributed by atoms with van der Waals surface area (Å²) >= 11 is 0. The Morgan fingerprint density at radius 1 is 1.58 bits per heavy atom. The van der Waals surface area contributed by atoms with Gasteiger partial charge in [-0.05, 0) is 25.7 Å². The van der Waals surface area contributed by atoms with Crippen LogP contribution in [0.2, 0.25) is 0 Å². The number of ether oxygens (including phenoxy) is 3. The lowest BCUT2D eigenvalue weighted by atomic mass is 9.73. The van der Waals surface area contributed by atoms with Gasteiger partial charge < -0.3 is 14.2 Å². The van der Waals surface area contributed by atoms with E-state index in [9.17, 15) is 4.79 Å². The van der Waals surface area contributed by atoms with Crippen molar-refractivity contribution in [2.75, 3.05) is 20.3 Å². The molecule has 0 aromatic heterocycles. The Kier molecular flexibility index (Phi) is 3.27. The molecule has 3 fully saturated rings. The number of methoxy groups -OCH3 is 1. The molecule has 0 unspecified atom stereocenters. The first-order valence-corrected chi connectivity index (χ1v) is 6.95. The molecule has 5 heteroatoms. The summed E-state index contributed by atoms with van der Waals surface area (Å²) in [6, 6.07) is 0. The zero-order valence-corrected chi connectivity index (χ0v) is 11.3. The molecule has 0 aromatic rings. The van der Waals surface area contributed by atoms with Crippen LogP contribution in [0.15, 0.2) is 12.7 Å². The molecule has 3 heterocycles. The van der Waals surface area contributed by atoms with Gasteiger partial charge in [0.1, 0.15) is 12.8 Å². The van der Waals surface area contributed by atoms with E-state index in [2.05, 4.69) is 6.58 Å². The Hall–Kier alpha value is -1.07. The van der Waals surface area contributed by atoms with Crippen molar-refractivity contribution in [3.05, 3.63) is 12.7 Å². The molecule has 1 amide bonds. The molecule has 3 aliphatic heterocycles. The van der Waals surface area contributed by atoms with Crippen LogP contribution in [0.4, 0.5) is 4.79 Å².